The Bertz CT molecular complexity index is 663. The minimum absolute atomic E-state index is 0.170. The summed E-state index contributed by atoms with van der Waals surface area (Å²) in [5.74, 6) is -2.66. The standard InChI is InChI=1S/C15H11F3O/c1-8-5-10(3-4-12(8)16)15(19)11-6-9(2)13(17)7-14(11)18/h3-7H,1-2H3. The van der Waals surface area contributed by atoms with Gasteiger partial charge in [-0.15, -0.1) is 0 Å². The van der Waals surface area contributed by atoms with Crippen molar-refractivity contribution in [3.8, 4) is 0 Å². The highest BCUT2D eigenvalue weighted by atomic mass is 19.1. The zero-order valence-corrected chi connectivity index (χ0v) is 10.4. The van der Waals surface area contributed by atoms with Crippen molar-refractivity contribution in [3.05, 3.63) is 70.0 Å². The number of hydrogen-bond acceptors (Lipinski definition) is 1. The van der Waals surface area contributed by atoms with Crippen molar-refractivity contribution in [2.24, 2.45) is 0 Å². The van der Waals surface area contributed by atoms with Crippen LogP contribution in [0.4, 0.5) is 13.2 Å². The number of ketones is 1. The topological polar surface area (TPSA) is 17.1 Å². The number of carbonyl (C=O) groups is 1. The van der Waals surface area contributed by atoms with Gasteiger partial charge in [-0.3, -0.25) is 4.79 Å². The Hall–Kier alpha value is -2.10. The van der Waals surface area contributed by atoms with E-state index < -0.39 is 23.2 Å². The second-order valence-electron chi connectivity index (χ2n) is 4.37. The Morgan fingerprint density at radius 2 is 1.47 bits per heavy atom. The van der Waals surface area contributed by atoms with Gasteiger partial charge in [0.15, 0.2) is 5.78 Å². The first-order valence-corrected chi connectivity index (χ1v) is 5.66. The van der Waals surface area contributed by atoms with E-state index in [1.807, 2.05) is 0 Å². The molecule has 0 spiro atoms. The van der Waals surface area contributed by atoms with Crippen LogP contribution in [0.3, 0.4) is 0 Å². The van der Waals surface area contributed by atoms with E-state index in [1.165, 1.54) is 26.0 Å². The minimum Gasteiger partial charge on any atom is -0.288 e. The van der Waals surface area contributed by atoms with Gasteiger partial charge in [0.2, 0.25) is 0 Å². The van der Waals surface area contributed by atoms with Crippen molar-refractivity contribution in [2.75, 3.05) is 0 Å². The van der Waals surface area contributed by atoms with Gasteiger partial charge in [-0.05, 0) is 49.2 Å². The zero-order valence-electron chi connectivity index (χ0n) is 10.4. The fourth-order valence-electron chi connectivity index (χ4n) is 1.77. The summed E-state index contributed by atoms with van der Waals surface area (Å²) < 4.78 is 39.9. The smallest absolute Gasteiger partial charge is 0.195 e. The second-order valence-corrected chi connectivity index (χ2v) is 4.37. The predicted octanol–water partition coefficient (Wildman–Crippen LogP) is 3.95. The molecular weight excluding hydrogens is 253 g/mol. The Labute approximate surface area is 108 Å². The zero-order chi connectivity index (χ0) is 14.2. The van der Waals surface area contributed by atoms with Crippen LogP contribution >= 0.6 is 0 Å². The van der Waals surface area contributed by atoms with E-state index in [4.69, 9.17) is 0 Å². The molecule has 2 aromatic rings. The molecule has 0 radical (unpaired) electrons. The third-order valence-electron chi connectivity index (χ3n) is 2.91. The summed E-state index contributed by atoms with van der Waals surface area (Å²) in [4.78, 5) is 12.1. The van der Waals surface area contributed by atoms with Crippen LogP contribution in [0.25, 0.3) is 0 Å². The van der Waals surface area contributed by atoms with E-state index in [9.17, 15) is 18.0 Å². The summed E-state index contributed by atoms with van der Waals surface area (Å²) in [6, 6.07) is 5.61. The van der Waals surface area contributed by atoms with Gasteiger partial charge in [0, 0.05) is 11.6 Å². The molecule has 0 atom stereocenters. The Morgan fingerprint density at radius 3 is 2.11 bits per heavy atom. The molecule has 4 heteroatoms. The van der Waals surface area contributed by atoms with Crippen LogP contribution in [0.2, 0.25) is 0 Å². The van der Waals surface area contributed by atoms with Gasteiger partial charge in [-0.2, -0.15) is 0 Å². The van der Waals surface area contributed by atoms with Crippen LogP contribution in [0.1, 0.15) is 27.0 Å². The van der Waals surface area contributed by atoms with Crippen LogP contribution < -0.4 is 0 Å². The predicted molar refractivity (Wildman–Crippen MR) is 65.7 cm³/mol. The van der Waals surface area contributed by atoms with Crippen LogP contribution in [-0.4, -0.2) is 5.78 Å². The van der Waals surface area contributed by atoms with Crippen LogP contribution in [0.15, 0.2) is 30.3 Å². The fraction of sp³-hybridized carbons (Fsp3) is 0.133. The molecule has 0 unspecified atom stereocenters. The first-order chi connectivity index (χ1) is 8.90. The number of aryl methyl sites for hydroxylation is 2. The second kappa shape index (κ2) is 4.88. The third kappa shape index (κ3) is 2.52. The van der Waals surface area contributed by atoms with Crippen LogP contribution in [-0.2, 0) is 0 Å². The van der Waals surface area contributed by atoms with Gasteiger partial charge < -0.3 is 0 Å². The van der Waals surface area contributed by atoms with Gasteiger partial charge >= 0.3 is 0 Å². The van der Waals surface area contributed by atoms with E-state index in [0.717, 1.165) is 12.1 Å². The lowest BCUT2D eigenvalue weighted by Gasteiger charge is -2.06. The highest BCUT2D eigenvalue weighted by Crippen LogP contribution is 2.19. The monoisotopic (exact) mass is 264 g/mol. The van der Waals surface area contributed by atoms with Crippen molar-refractivity contribution in [1.82, 2.24) is 0 Å². The average molecular weight is 264 g/mol. The van der Waals surface area contributed by atoms with E-state index in [-0.39, 0.29) is 16.7 Å². The van der Waals surface area contributed by atoms with E-state index in [1.54, 1.807) is 0 Å². The maximum atomic E-state index is 13.6. The van der Waals surface area contributed by atoms with E-state index in [2.05, 4.69) is 0 Å². The maximum absolute atomic E-state index is 13.6. The molecular formula is C15H11F3O. The van der Waals surface area contributed by atoms with E-state index in [0.29, 0.717) is 11.6 Å². The lowest BCUT2D eigenvalue weighted by atomic mass is 9.99. The molecule has 98 valence electrons. The van der Waals surface area contributed by atoms with Gasteiger partial charge in [0.1, 0.15) is 17.5 Å². The van der Waals surface area contributed by atoms with Crippen molar-refractivity contribution in [3.63, 3.8) is 0 Å². The van der Waals surface area contributed by atoms with E-state index >= 15 is 0 Å². The molecule has 0 heterocycles. The van der Waals surface area contributed by atoms with Crippen molar-refractivity contribution in [2.45, 2.75) is 13.8 Å². The Balaban J connectivity index is 2.49. The lowest BCUT2D eigenvalue weighted by molar-refractivity contribution is 0.103. The largest absolute Gasteiger partial charge is 0.288 e. The number of rotatable bonds is 2. The van der Waals surface area contributed by atoms with Crippen LogP contribution in [0.5, 0.6) is 0 Å². The molecule has 0 amide bonds. The highest BCUT2D eigenvalue weighted by molar-refractivity contribution is 6.09. The molecule has 0 aliphatic carbocycles. The summed E-state index contributed by atoms with van der Waals surface area (Å²) in [5.41, 5.74) is 0.433. The normalized spacial score (nSPS) is 10.6. The van der Waals surface area contributed by atoms with Gasteiger partial charge in [-0.25, -0.2) is 13.2 Å². The maximum Gasteiger partial charge on any atom is 0.195 e. The molecule has 19 heavy (non-hydrogen) atoms. The van der Waals surface area contributed by atoms with Crippen molar-refractivity contribution < 1.29 is 18.0 Å². The number of halogens is 3. The van der Waals surface area contributed by atoms with Crippen molar-refractivity contribution >= 4 is 5.78 Å². The Morgan fingerprint density at radius 1 is 0.842 bits per heavy atom. The number of carbonyl (C=O) groups excluding carboxylic acids is 1. The molecule has 0 saturated heterocycles. The SMILES string of the molecule is Cc1cc(C(=O)c2cc(C)c(F)cc2F)ccc1F. The molecule has 0 N–H and O–H groups in total. The molecule has 0 aliphatic heterocycles. The molecule has 0 aromatic heterocycles. The number of hydrogen-bond donors (Lipinski definition) is 0. The summed E-state index contributed by atoms with van der Waals surface area (Å²) in [7, 11) is 0. The summed E-state index contributed by atoms with van der Waals surface area (Å²) in [6.07, 6.45) is 0. The van der Waals surface area contributed by atoms with Crippen LogP contribution in [0, 0.1) is 31.3 Å². The third-order valence-corrected chi connectivity index (χ3v) is 2.91. The Kier molecular flexibility index (Phi) is 3.42. The molecule has 0 fully saturated rings. The first-order valence-electron chi connectivity index (χ1n) is 5.66. The molecule has 2 aromatic carbocycles. The fourth-order valence-corrected chi connectivity index (χ4v) is 1.77. The molecule has 0 saturated carbocycles. The molecule has 2 rings (SSSR count). The van der Waals surface area contributed by atoms with Crippen molar-refractivity contribution in [1.29, 1.82) is 0 Å². The quantitative estimate of drug-likeness (QED) is 0.750. The summed E-state index contributed by atoms with van der Waals surface area (Å²) in [6.45, 7) is 2.96. The molecule has 1 nitrogen and oxygen atoms in total. The molecule has 0 bridgehead atoms. The minimum atomic E-state index is -0.921. The number of benzene rings is 2. The molecule has 0 aliphatic rings. The van der Waals surface area contributed by atoms with Gasteiger partial charge in [0.05, 0.1) is 5.56 Å². The highest BCUT2D eigenvalue weighted by Gasteiger charge is 2.17. The average Bonchev–Trinajstić information content (AvgIpc) is 2.36. The van der Waals surface area contributed by atoms with Gasteiger partial charge in [-0.1, -0.05) is 0 Å². The lowest BCUT2D eigenvalue weighted by Crippen LogP contribution is -2.06. The first kappa shape index (κ1) is 13.3. The summed E-state index contributed by atoms with van der Waals surface area (Å²) in [5, 5.41) is 0. The van der Waals surface area contributed by atoms with Gasteiger partial charge in [0.25, 0.3) is 0 Å². The summed E-state index contributed by atoms with van der Waals surface area (Å²) >= 11 is 0.